The number of carboxylic acids is 1. The number of carboxylic acid groups (broad SMARTS) is 1. The second kappa shape index (κ2) is 18.9. The van der Waals surface area contributed by atoms with E-state index in [0.29, 0.717) is 27.9 Å². The standard InChI is InChI=1S/C37H49N5O4S2/c1-3-4-19-41-34(40-23-21-39(22-24-40)27-29-16-12-11-13-17-29)30(28(2)31(26-38)35(41)45)25-32-36(46)42(37(47)48-32)20-15-10-8-6-5-7-9-14-18-33(43)44/h11-13,16-17,25H,3-10,14-15,18-24,27H2,1-2H3,(H,43,44)/b32-25-. The van der Waals surface area contributed by atoms with Gasteiger partial charge in [-0.1, -0.05) is 106 Å². The summed E-state index contributed by atoms with van der Waals surface area (Å²) in [6, 6.07) is 12.6. The van der Waals surface area contributed by atoms with Crippen LogP contribution in [-0.4, -0.2) is 68.4 Å². The van der Waals surface area contributed by atoms with Crippen LogP contribution in [0.3, 0.4) is 0 Å². The zero-order valence-electron chi connectivity index (χ0n) is 28.4. The molecule has 0 atom stereocenters. The highest BCUT2D eigenvalue weighted by atomic mass is 32.2. The highest BCUT2D eigenvalue weighted by Gasteiger charge is 2.33. The number of thiocarbonyl (C=S) groups is 1. The number of piperazine rings is 1. The number of benzene rings is 1. The maximum absolute atomic E-state index is 13.7. The van der Waals surface area contributed by atoms with E-state index >= 15 is 0 Å². The molecule has 4 rings (SSSR count). The van der Waals surface area contributed by atoms with Crippen LogP contribution in [0.2, 0.25) is 0 Å². The summed E-state index contributed by atoms with van der Waals surface area (Å²) in [5.74, 6) is -0.0592. The maximum atomic E-state index is 13.7. The van der Waals surface area contributed by atoms with Gasteiger partial charge in [0.1, 0.15) is 21.8 Å². The molecule has 2 aliphatic rings. The fourth-order valence-electron chi connectivity index (χ4n) is 6.40. The molecule has 2 aliphatic heterocycles. The molecule has 258 valence electrons. The molecule has 3 heterocycles. The Labute approximate surface area is 294 Å². The third kappa shape index (κ3) is 10.0. The topological polar surface area (TPSA) is 110 Å². The molecule has 2 fully saturated rings. The Balaban J connectivity index is 1.48. The number of anilines is 1. The first-order valence-electron chi connectivity index (χ1n) is 17.4. The Kier molecular flexibility index (Phi) is 14.7. The molecule has 0 spiro atoms. The number of aromatic nitrogens is 1. The van der Waals surface area contributed by atoms with Gasteiger partial charge < -0.3 is 10.0 Å². The lowest BCUT2D eigenvalue weighted by Gasteiger charge is -2.38. The average molecular weight is 692 g/mol. The van der Waals surface area contributed by atoms with Crippen molar-refractivity contribution in [3.63, 3.8) is 0 Å². The monoisotopic (exact) mass is 691 g/mol. The van der Waals surface area contributed by atoms with Crippen LogP contribution in [0.4, 0.5) is 5.82 Å². The quantitative estimate of drug-likeness (QED) is 0.101. The van der Waals surface area contributed by atoms with Crippen molar-refractivity contribution in [3.05, 3.63) is 67.8 Å². The van der Waals surface area contributed by atoms with Crippen LogP contribution < -0.4 is 10.5 Å². The molecule has 1 aromatic heterocycles. The largest absolute Gasteiger partial charge is 0.481 e. The van der Waals surface area contributed by atoms with Crippen molar-refractivity contribution in [3.8, 4) is 6.07 Å². The zero-order chi connectivity index (χ0) is 34.5. The Hall–Kier alpha value is -3.46. The molecule has 9 nitrogen and oxygen atoms in total. The van der Waals surface area contributed by atoms with Crippen LogP contribution in [0.5, 0.6) is 0 Å². The molecule has 0 saturated carbocycles. The number of carbonyl (C=O) groups is 2. The van der Waals surface area contributed by atoms with Crippen LogP contribution >= 0.6 is 24.0 Å². The molecule has 1 amide bonds. The van der Waals surface area contributed by atoms with Crippen molar-refractivity contribution in [2.75, 3.05) is 37.6 Å². The summed E-state index contributed by atoms with van der Waals surface area (Å²) in [5, 5.41) is 18.8. The first kappa shape index (κ1) is 37.4. The summed E-state index contributed by atoms with van der Waals surface area (Å²) in [4.78, 5) is 44.9. The van der Waals surface area contributed by atoms with E-state index in [4.69, 9.17) is 17.3 Å². The lowest BCUT2D eigenvalue weighted by molar-refractivity contribution is -0.137. The molecule has 2 aromatic rings. The van der Waals surface area contributed by atoms with Crippen molar-refractivity contribution in [2.45, 2.75) is 97.6 Å². The van der Waals surface area contributed by atoms with Gasteiger partial charge in [0.15, 0.2) is 0 Å². The molecule has 1 N–H and O–H groups in total. The third-order valence-electron chi connectivity index (χ3n) is 9.17. The number of amides is 1. The number of nitrogens with zero attached hydrogens (tertiary/aromatic N) is 5. The molecule has 11 heteroatoms. The minimum absolute atomic E-state index is 0.119. The van der Waals surface area contributed by atoms with E-state index in [2.05, 4.69) is 47.1 Å². The molecule has 0 aliphatic carbocycles. The van der Waals surface area contributed by atoms with Gasteiger partial charge in [0, 0.05) is 57.8 Å². The number of unbranched alkanes of at least 4 members (excludes halogenated alkanes) is 8. The second-order valence-electron chi connectivity index (χ2n) is 12.7. The molecule has 48 heavy (non-hydrogen) atoms. The van der Waals surface area contributed by atoms with Crippen molar-refractivity contribution < 1.29 is 14.7 Å². The minimum Gasteiger partial charge on any atom is -0.481 e. The van der Waals surface area contributed by atoms with Gasteiger partial charge in [-0.25, -0.2) is 0 Å². The van der Waals surface area contributed by atoms with Crippen molar-refractivity contribution in [1.82, 2.24) is 14.4 Å². The van der Waals surface area contributed by atoms with Crippen LogP contribution in [0.1, 0.15) is 99.8 Å². The van der Waals surface area contributed by atoms with Crippen LogP contribution in [-0.2, 0) is 22.7 Å². The highest BCUT2D eigenvalue weighted by Crippen LogP contribution is 2.36. The summed E-state index contributed by atoms with van der Waals surface area (Å²) in [6.45, 7) is 8.98. The summed E-state index contributed by atoms with van der Waals surface area (Å²) in [5.41, 5.74) is 2.48. The molecule has 2 saturated heterocycles. The van der Waals surface area contributed by atoms with Gasteiger partial charge in [0.2, 0.25) is 0 Å². The van der Waals surface area contributed by atoms with E-state index in [0.717, 1.165) is 108 Å². The van der Waals surface area contributed by atoms with E-state index in [-0.39, 0.29) is 23.5 Å². The van der Waals surface area contributed by atoms with Crippen LogP contribution in [0.15, 0.2) is 40.0 Å². The Morgan fingerprint density at radius 3 is 2.23 bits per heavy atom. The second-order valence-corrected chi connectivity index (χ2v) is 14.4. The van der Waals surface area contributed by atoms with Gasteiger partial charge in [-0.2, -0.15) is 5.26 Å². The number of aliphatic carboxylic acids is 1. The van der Waals surface area contributed by atoms with E-state index in [9.17, 15) is 19.6 Å². The minimum atomic E-state index is -0.729. The lowest BCUT2D eigenvalue weighted by Crippen LogP contribution is -2.48. The normalized spacial score (nSPS) is 16.2. The van der Waals surface area contributed by atoms with Crippen LogP contribution in [0.25, 0.3) is 6.08 Å². The lowest BCUT2D eigenvalue weighted by atomic mass is 10.0. The van der Waals surface area contributed by atoms with E-state index in [1.165, 1.54) is 17.3 Å². The smallest absolute Gasteiger partial charge is 0.303 e. The fourth-order valence-corrected chi connectivity index (χ4v) is 7.69. The number of thioether (sulfide) groups is 1. The van der Waals surface area contributed by atoms with Gasteiger partial charge in [-0.3, -0.25) is 28.8 Å². The van der Waals surface area contributed by atoms with Crippen molar-refractivity contribution >= 4 is 52.1 Å². The van der Waals surface area contributed by atoms with Gasteiger partial charge in [-0.15, -0.1) is 0 Å². The maximum Gasteiger partial charge on any atom is 0.303 e. The number of nitriles is 1. The Bertz CT molecular complexity index is 1560. The first-order valence-corrected chi connectivity index (χ1v) is 18.6. The highest BCUT2D eigenvalue weighted by molar-refractivity contribution is 8.26. The number of pyridine rings is 1. The van der Waals surface area contributed by atoms with Crippen molar-refractivity contribution in [1.29, 1.82) is 5.26 Å². The summed E-state index contributed by atoms with van der Waals surface area (Å²) >= 11 is 6.96. The van der Waals surface area contributed by atoms with Gasteiger partial charge in [0.05, 0.1) is 4.91 Å². The molecular weight excluding hydrogens is 643 g/mol. The van der Waals surface area contributed by atoms with Crippen LogP contribution in [0, 0.1) is 18.3 Å². The molecule has 0 radical (unpaired) electrons. The van der Waals surface area contributed by atoms with E-state index in [1.54, 1.807) is 9.47 Å². The number of carbonyl (C=O) groups excluding carboxylic acids is 1. The predicted octanol–water partition coefficient (Wildman–Crippen LogP) is 6.95. The number of rotatable bonds is 18. The average Bonchev–Trinajstić information content (AvgIpc) is 3.34. The summed E-state index contributed by atoms with van der Waals surface area (Å²) in [6.07, 6.45) is 11.7. The first-order chi connectivity index (χ1) is 23.2. The fraction of sp³-hybridized carbons (Fsp3) is 0.541. The van der Waals surface area contributed by atoms with Gasteiger partial charge in [0.25, 0.3) is 11.5 Å². The van der Waals surface area contributed by atoms with E-state index in [1.807, 2.05) is 19.1 Å². The van der Waals surface area contributed by atoms with Gasteiger partial charge in [-0.05, 0) is 43.4 Å². The molecular formula is C37H49N5O4S2. The Morgan fingerprint density at radius 2 is 1.60 bits per heavy atom. The third-order valence-corrected chi connectivity index (χ3v) is 10.6. The molecule has 0 unspecified atom stereocenters. The van der Waals surface area contributed by atoms with Gasteiger partial charge >= 0.3 is 5.97 Å². The summed E-state index contributed by atoms with van der Waals surface area (Å²) < 4.78 is 2.30. The predicted molar refractivity (Wildman–Crippen MR) is 198 cm³/mol. The SMILES string of the molecule is CCCCn1c(N2CCN(Cc3ccccc3)CC2)c(/C=C2\SC(=S)N(CCCCCCCCCCC(=O)O)C2=O)c(C)c(C#N)c1=O. The number of hydrogen-bond donors (Lipinski definition) is 1. The molecule has 0 bridgehead atoms. The Morgan fingerprint density at radius 1 is 0.958 bits per heavy atom. The summed E-state index contributed by atoms with van der Waals surface area (Å²) in [7, 11) is 0. The number of hydrogen-bond acceptors (Lipinski definition) is 8. The molecule has 1 aromatic carbocycles. The van der Waals surface area contributed by atoms with E-state index < -0.39 is 5.97 Å². The van der Waals surface area contributed by atoms with Crippen molar-refractivity contribution in [2.24, 2.45) is 0 Å². The zero-order valence-corrected chi connectivity index (χ0v) is 30.0.